The summed E-state index contributed by atoms with van der Waals surface area (Å²) in [7, 11) is 0. The largest absolute Gasteiger partial charge is 0.487 e. The fraction of sp³-hybridized carbons (Fsp3) is 0.211. The van der Waals surface area contributed by atoms with E-state index in [1.165, 1.54) is 0 Å². The molecule has 25 heavy (non-hydrogen) atoms. The monoisotopic (exact) mass is 334 g/mol. The van der Waals surface area contributed by atoms with Crippen LogP contribution >= 0.6 is 0 Å². The van der Waals surface area contributed by atoms with Gasteiger partial charge in [0.25, 0.3) is 5.91 Å². The quantitative estimate of drug-likeness (QED) is 0.796. The van der Waals surface area contributed by atoms with E-state index in [2.05, 4.69) is 15.2 Å². The second-order valence-electron chi connectivity index (χ2n) is 6.12. The summed E-state index contributed by atoms with van der Waals surface area (Å²) in [6.07, 6.45) is 1.74. The number of nitrogens with zero attached hydrogens (tertiary/aromatic N) is 3. The molecule has 6 heteroatoms. The van der Waals surface area contributed by atoms with E-state index < -0.39 is 0 Å². The molecule has 6 nitrogen and oxygen atoms in total. The van der Waals surface area contributed by atoms with E-state index in [0.717, 1.165) is 22.7 Å². The molecule has 0 bridgehead atoms. The third kappa shape index (κ3) is 3.24. The smallest absolute Gasteiger partial charge is 0.272 e. The molecule has 1 fully saturated rings. The van der Waals surface area contributed by atoms with Gasteiger partial charge < -0.3 is 9.64 Å². The maximum absolute atomic E-state index is 12.5. The van der Waals surface area contributed by atoms with Crippen LogP contribution in [-0.4, -0.2) is 45.2 Å². The molecule has 3 aromatic rings. The number of carbonyl (C=O) groups is 1. The van der Waals surface area contributed by atoms with Crippen LogP contribution in [0.1, 0.15) is 16.2 Å². The van der Waals surface area contributed by atoms with E-state index in [0.29, 0.717) is 18.8 Å². The standard InChI is InChI=1S/C19H18N4O2/c1-13-9-15(7-8-20-13)25-16-11-23(12-16)19(24)18-10-17(21-22-18)14-5-3-2-4-6-14/h2-10,16H,11-12H2,1H3,(H,21,22). The number of pyridine rings is 1. The molecule has 1 amide bonds. The van der Waals surface area contributed by atoms with Gasteiger partial charge in [0.1, 0.15) is 17.5 Å². The van der Waals surface area contributed by atoms with Crippen LogP contribution in [0.25, 0.3) is 11.3 Å². The van der Waals surface area contributed by atoms with Gasteiger partial charge in [-0.25, -0.2) is 0 Å². The van der Waals surface area contributed by atoms with E-state index in [-0.39, 0.29) is 12.0 Å². The van der Waals surface area contributed by atoms with E-state index in [1.54, 1.807) is 17.2 Å². The van der Waals surface area contributed by atoms with Crippen LogP contribution in [0.4, 0.5) is 0 Å². The van der Waals surface area contributed by atoms with Crippen LogP contribution < -0.4 is 4.74 Å². The van der Waals surface area contributed by atoms with Gasteiger partial charge in [-0.3, -0.25) is 14.9 Å². The van der Waals surface area contributed by atoms with Crippen LogP contribution in [0, 0.1) is 6.92 Å². The summed E-state index contributed by atoms with van der Waals surface area (Å²) in [6.45, 7) is 3.06. The molecular formula is C19H18N4O2. The molecular weight excluding hydrogens is 316 g/mol. The van der Waals surface area contributed by atoms with Crippen molar-refractivity contribution in [2.45, 2.75) is 13.0 Å². The number of likely N-dealkylation sites (tertiary alicyclic amines) is 1. The lowest BCUT2D eigenvalue weighted by atomic mass is 10.1. The summed E-state index contributed by atoms with van der Waals surface area (Å²) in [4.78, 5) is 18.4. The highest BCUT2D eigenvalue weighted by Gasteiger charge is 2.33. The lowest BCUT2D eigenvalue weighted by molar-refractivity contribution is 0.0173. The van der Waals surface area contributed by atoms with E-state index in [9.17, 15) is 4.79 Å². The summed E-state index contributed by atoms with van der Waals surface area (Å²) in [5, 5.41) is 7.07. The first-order valence-electron chi connectivity index (χ1n) is 8.18. The Morgan fingerprint density at radius 2 is 2.00 bits per heavy atom. The van der Waals surface area contributed by atoms with Crippen molar-refractivity contribution in [3.05, 3.63) is 66.1 Å². The Hall–Kier alpha value is -3.15. The highest BCUT2D eigenvalue weighted by Crippen LogP contribution is 2.22. The summed E-state index contributed by atoms with van der Waals surface area (Å²) in [5.74, 6) is 0.734. The van der Waals surface area contributed by atoms with Crippen molar-refractivity contribution in [2.24, 2.45) is 0 Å². The number of amides is 1. The third-order valence-corrected chi connectivity index (χ3v) is 4.18. The van der Waals surface area contributed by atoms with Crippen molar-refractivity contribution in [2.75, 3.05) is 13.1 Å². The van der Waals surface area contributed by atoms with Crippen LogP contribution in [0.5, 0.6) is 5.75 Å². The Labute approximate surface area is 145 Å². The number of nitrogens with one attached hydrogen (secondary N) is 1. The highest BCUT2D eigenvalue weighted by molar-refractivity contribution is 5.94. The van der Waals surface area contributed by atoms with E-state index in [4.69, 9.17) is 4.74 Å². The molecule has 1 N–H and O–H groups in total. The van der Waals surface area contributed by atoms with Crippen LogP contribution in [0.15, 0.2) is 54.7 Å². The first-order chi connectivity index (χ1) is 12.2. The molecule has 126 valence electrons. The minimum Gasteiger partial charge on any atom is -0.487 e. The summed E-state index contributed by atoms with van der Waals surface area (Å²) in [5.41, 5.74) is 3.16. The second-order valence-corrected chi connectivity index (χ2v) is 6.12. The number of carbonyl (C=O) groups excluding carboxylic acids is 1. The molecule has 1 aliphatic heterocycles. The molecule has 3 heterocycles. The minimum absolute atomic E-state index is 0.0160. The van der Waals surface area contributed by atoms with Crippen LogP contribution in [0.3, 0.4) is 0 Å². The SMILES string of the molecule is Cc1cc(OC2CN(C(=O)c3cc(-c4ccccc4)n[nH]3)C2)ccn1. The summed E-state index contributed by atoms with van der Waals surface area (Å²) < 4.78 is 5.86. The van der Waals surface area contributed by atoms with Crippen molar-refractivity contribution < 1.29 is 9.53 Å². The summed E-state index contributed by atoms with van der Waals surface area (Å²) in [6, 6.07) is 15.3. The number of rotatable bonds is 4. The van der Waals surface area contributed by atoms with Crippen molar-refractivity contribution >= 4 is 5.91 Å². The molecule has 0 saturated carbocycles. The van der Waals surface area contributed by atoms with Gasteiger partial charge in [-0.2, -0.15) is 5.10 Å². The Kier molecular flexibility index (Phi) is 3.93. The molecule has 0 radical (unpaired) electrons. The Bertz CT molecular complexity index is 885. The van der Waals surface area contributed by atoms with Gasteiger partial charge in [-0.05, 0) is 19.1 Å². The molecule has 4 rings (SSSR count). The zero-order chi connectivity index (χ0) is 17.2. The van der Waals surface area contributed by atoms with Gasteiger partial charge in [0.15, 0.2) is 0 Å². The topological polar surface area (TPSA) is 71.1 Å². The average Bonchev–Trinajstić information content (AvgIpc) is 3.08. The van der Waals surface area contributed by atoms with E-state index >= 15 is 0 Å². The number of aromatic nitrogens is 3. The minimum atomic E-state index is -0.0551. The van der Waals surface area contributed by atoms with Crippen LogP contribution in [0.2, 0.25) is 0 Å². The molecule has 0 unspecified atom stereocenters. The van der Waals surface area contributed by atoms with Crippen molar-refractivity contribution in [1.82, 2.24) is 20.1 Å². The maximum Gasteiger partial charge on any atom is 0.272 e. The van der Waals surface area contributed by atoms with Crippen molar-refractivity contribution in [1.29, 1.82) is 0 Å². The van der Waals surface area contributed by atoms with Gasteiger partial charge in [0.05, 0.1) is 18.8 Å². The normalized spacial score (nSPS) is 14.2. The average molecular weight is 334 g/mol. The van der Waals surface area contributed by atoms with Crippen molar-refractivity contribution in [3.8, 4) is 17.0 Å². The number of H-pyrrole nitrogens is 1. The predicted molar refractivity (Wildman–Crippen MR) is 93.3 cm³/mol. The van der Waals surface area contributed by atoms with E-state index in [1.807, 2.05) is 49.4 Å². The molecule has 0 aliphatic carbocycles. The first kappa shape index (κ1) is 15.4. The molecule has 1 aliphatic rings. The second kappa shape index (κ2) is 6.39. The number of hydrogen-bond donors (Lipinski definition) is 1. The number of benzene rings is 1. The zero-order valence-electron chi connectivity index (χ0n) is 13.8. The fourth-order valence-electron chi connectivity index (χ4n) is 2.82. The van der Waals surface area contributed by atoms with Gasteiger partial charge in [-0.1, -0.05) is 30.3 Å². The Morgan fingerprint density at radius 1 is 1.20 bits per heavy atom. The first-order valence-corrected chi connectivity index (χ1v) is 8.18. The lowest BCUT2D eigenvalue weighted by Crippen LogP contribution is -2.56. The lowest BCUT2D eigenvalue weighted by Gasteiger charge is -2.38. The Morgan fingerprint density at radius 3 is 2.76 bits per heavy atom. The highest BCUT2D eigenvalue weighted by atomic mass is 16.5. The molecule has 1 aromatic carbocycles. The van der Waals surface area contributed by atoms with Gasteiger partial charge in [-0.15, -0.1) is 0 Å². The third-order valence-electron chi connectivity index (χ3n) is 4.18. The van der Waals surface area contributed by atoms with Gasteiger partial charge in [0, 0.05) is 23.5 Å². The molecule has 0 atom stereocenters. The van der Waals surface area contributed by atoms with Gasteiger partial charge >= 0.3 is 0 Å². The molecule has 1 saturated heterocycles. The molecule has 2 aromatic heterocycles. The maximum atomic E-state index is 12.5. The summed E-state index contributed by atoms with van der Waals surface area (Å²) >= 11 is 0. The number of ether oxygens (including phenoxy) is 1. The number of aryl methyl sites for hydroxylation is 1. The zero-order valence-corrected chi connectivity index (χ0v) is 13.8. The fourth-order valence-corrected chi connectivity index (χ4v) is 2.82. The molecule has 0 spiro atoms. The predicted octanol–water partition coefficient (Wildman–Crippen LogP) is 2.68. The van der Waals surface area contributed by atoms with Crippen LogP contribution in [-0.2, 0) is 0 Å². The number of hydrogen-bond acceptors (Lipinski definition) is 4. The van der Waals surface area contributed by atoms with Crippen molar-refractivity contribution in [3.63, 3.8) is 0 Å². The Balaban J connectivity index is 1.36. The number of aromatic amines is 1. The van der Waals surface area contributed by atoms with Gasteiger partial charge in [0.2, 0.25) is 0 Å².